The van der Waals surface area contributed by atoms with Crippen LogP contribution >= 0.6 is 15.9 Å². The molecule has 1 aromatic rings. The SMILES string of the molecule is CCCCN(CCBr)C(=O)c1cc(C)ccc1F. The summed E-state index contributed by atoms with van der Waals surface area (Å²) in [7, 11) is 0. The number of hydrogen-bond donors (Lipinski definition) is 0. The predicted octanol–water partition coefficient (Wildman–Crippen LogP) is 3.77. The molecule has 2 nitrogen and oxygen atoms in total. The van der Waals surface area contributed by atoms with E-state index in [4.69, 9.17) is 0 Å². The van der Waals surface area contributed by atoms with E-state index in [1.54, 1.807) is 17.0 Å². The number of halogens is 2. The van der Waals surface area contributed by atoms with Gasteiger partial charge in [0.1, 0.15) is 5.82 Å². The van der Waals surface area contributed by atoms with Gasteiger partial charge >= 0.3 is 0 Å². The lowest BCUT2D eigenvalue weighted by Gasteiger charge is -2.22. The van der Waals surface area contributed by atoms with Crippen molar-refractivity contribution in [2.24, 2.45) is 0 Å². The van der Waals surface area contributed by atoms with Crippen LogP contribution in [0.5, 0.6) is 0 Å². The fourth-order valence-electron chi connectivity index (χ4n) is 1.74. The Morgan fingerprint density at radius 2 is 2.11 bits per heavy atom. The summed E-state index contributed by atoms with van der Waals surface area (Å²) in [5.74, 6) is -0.661. The van der Waals surface area contributed by atoms with Crippen molar-refractivity contribution >= 4 is 21.8 Å². The van der Waals surface area contributed by atoms with Crippen LogP contribution in [0.15, 0.2) is 18.2 Å². The van der Waals surface area contributed by atoms with Crippen molar-refractivity contribution in [2.75, 3.05) is 18.4 Å². The second-order valence-electron chi connectivity index (χ2n) is 4.32. The number of rotatable bonds is 6. The molecule has 0 unspecified atom stereocenters. The summed E-state index contributed by atoms with van der Waals surface area (Å²) < 4.78 is 13.7. The average molecular weight is 316 g/mol. The highest BCUT2D eigenvalue weighted by atomic mass is 79.9. The van der Waals surface area contributed by atoms with Crippen molar-refractivity contribution in [3.8, 4) is 0 Å². The van der Waals surface area contributed by atoms with E-state index in [2.05, 4.69) is 22.9 Å². The molecule has 1 rings (SSSR count). The van der Waals surface area contributed by atoms with E-state index in [1.807, 2.05) is 6.92 Å². The van der Waals surface area contributed by atoms with Crippen LogP contribution in [0.1, 0.15) is 35.7 Å². The van der Waals surface area contributed by atoms with Gasteiger partial charge in [0, 0.05) is 18.4 Å². The van der Waals surface area contributed by atoms with E-state index in [9.17, 15) is 9.18 Å². The second kappa shape index (κ2) is 7.52. The van der Waals surface area contributed by atoms with Crippen LogP contribution in [0.2, 0.25) is 0 Å². The Balaban J connectivity index is 2.90. The van der Waals surface area contributed by atoms with E-state index in [0.29, 0.717) is 18.4 Å². The normalized spacial score (nSPS) is 10.4. The third kappa shape index (κ3) is 4.09. The molecule has 0 aliphatic carbocycles. The van der Waals surface area contributed by atoms with Crippen LogP contribution in [-0.4, -0.2) is 29.2 Å². The Morgan fingerprint density at radius 1 is 1.39 bits per heavy atom. The molecular weight excluding hydrogens is 297 g/mol. The molecule has 0 aliphatic rings. The van der Waals surface area contributed by atoms with Gasteiger partial charge in [0.2, 0.25) is 0 Å². The summed E-state index contributed by atoms with van der Waals surface area (Å²) in [4.78, 5) is 14.0. The van der Waals surface area contributed by atoms with Gasteiger partial charge in [-0.1, -0.05) is 40.9 Å². The monoisotopic (exact) mass is 315 g/mol. The second-order valence-corrected chi connectivity index (χ2v) is 5.11. The summed E-state index contributed by atoms with van der Waals surface area (Å²) in [6, 6.07) is 4.65. The number of alkyl halides is 1. The zero-order chi connectivity index (χ0) is 13.5. The van der Waals surface area contributed by atoms with Crippen molar-refractivity contribution in [3.05, 3.63) is 35.1 Å². The minimum atomic E-state index is -0.443. The maximum Gasteiger partial charge on any atom is 0.256 e. The van der Waals surface area contributed by atoms with Gasteiger partial charge in [-0.05, 0) is 25.5 Å². The quantitative estimate of drug-likeness (QED) is 0.732. The molecule has 0 bridgehead atoms. The maximum atomic E-state index is 13.7. The molecule has 0 saturated carbocycles. The van der Waals surface area contributed by atoms with Gasteiger partial charge in [-0.15, -0.1) is 0 Å². The zero-order valence-electron chi connectivity index (χ0n) is 10.9. The number of carbonyl (C=O) groups excluding carboxylic acids is 1. The maximum absolute atomic E-state index is 13.7. The number of carbonyl (C=O) groups is 1. The fourth-order valence-corrected chi connectivity index (χ4v) is 2.17. The summed E-state index contributed by atoms with van der Waals surface area (Å²) >= 11 is 3.33. The lowest BCUT2D eigenvalue weighted by atomic mass is 10.1. The van der Waals surface area contributed by atoms with Crippen molar-refractivity contribution in [2.45, 2.75) is 26.7 Å². The van der Waals surface area contributed by atoms with Gasteiger partial charge in [-0.3, -0.25) is 4.79 Å². The van der Waals surface area contributed by atoms with Crippen LogP contribution in [-0.2, 0) is 0 Å². The fraction of sp³-hybridized carbons (Fsp3) is 0.500. The van der Waals surface area contributed by atoms with E-state index in [1.165, 1.54) is 6.07 Å². The number of amides is 1. The number of benzene rings is 1. The molecule has 100 valence electrons. The molecular formula is C14H19BrFNO. The Morgan fingerprint density at radius 3 is 2.72 bits per heavy atom. The van der Waals surface area contributed by atoms with Gasteiger partial charge in [-0.2, -0.15) is 0 Å². The summed E-state index contributed by atoms with van der Waals surface area (Å²) in [6.45, 7) is 5.21. The minimum absolute atomic E-state index is 0.173. The van der Waals surface area contributed by atoms with Crippen molar-refractivity contribution < 1.29 is 9.18 Å². The first kappa shape index (κ1) is 15.2. The third-order valence-electron chi connectivity index (χ3n) is 2.78. The predicted molar refractivity (Wildman–Crippen MR) is 75.7 cm³/mol. The largest absolute Gasteiger partial charge is 0.338 e. The minimum Gasteiger partial charge on any atom is -0.338 e. The molecule has 0 spiro atoms. The smallest absolute Gasteiger partial charge is 0.256 e. The van der Waals surface area contributed by atoms with E-state index in [-0.39, 0.29) is 11.5 Å². The van der Waals surface area contributed by atoms with Crippen LogP contribution in [0.25, 0.3) is 0 Å². The molecule has 4 heteroatoms. The highest BCUT2D eigenvalue weighted by molar-refractivity contribution is 9.09. The molecule has 0 saturated heterocycles. The highest BCUT2D eigenvalue weighted by Crippen LogP contribution is 2.13. The summed E-state index contributed by atoms with van der Waals surface area (Å²) in [5.41, 5.74) is 1.07. The van der Waals surface area contributed by atoms with Crippen molar-refractivity contribution in [1.29, 1.82) is 0 Å². The van der Waals surface area contributed by atoms with Crippen LogP contribution in [0.4, 0.5) is 4.39 Å². The summed E-state index contributed by atoms with van der Waals surface area (Å²) in [5, 5.41) is 0.704. The molecule has 0 radical (unpaired) electrons. The van der Waals surface area contributed by atoms with E-state index in [0.717, 1.165) is 18.4 Å². The lowest BCUT2D eigenvalue weighted by Crippen LogP contribution is -2.34. The Hall–Kier alpha value is -0.900. The lowest BCUT2D eigenvalue weighted by molar-refractivity contribution is 0.0759. The molecule has 1 aromatic carbocycles. The van der Waals surface area contributed by atoms with Gasteiger partial charge in [0.25, 0.3) is 5.91 Å². The Kier molecular flexibility index (Phi) is 6.33. The van der Waals surface area contributed by atoms with Gasteiger partial charge in [0.15, 0.2) is 0 Å². The zero-order valence-corrected chi connectivity index (χ0v) is 12.5. The van der Waals surface area contributed by atoms with Crippen molar-refractivity contribution in [3.63, 3.8) is 0 Å². The molecule has 18 heavy (non-hydrogen) atoms. The average Bonchev–Trinajstić information content (AvgIpc) is 2.36. The molecule has 0 aromatic heterocycles. The van der Waals surface area contributed by atoms with E-state index < -0.39 is 5.82 Å². The van der Waals surface area contributed by atoms with E-state index >= 15 is 0 Å². The standard InChI is InChI=1S/C14H19BrFNO/c1-3-4-8-17(9-7-15)14(18)12-10-11(2)5-6-13(12)16/h5-6,10H,3-4,7-9H2,1-2H3. The first-order chi connectivity index (χ1) is 8.60. The number of unbranched alkanes of at least 4 members (excludes halogenated alkanes) is 1. The molecule has 0 fully saturated rings. The summed E-state index contributed by atoms with van der Waals surface area (Å²) in [6.07, 6.45) is 1.95. The van der Waals surface area contributed by atoms with Gasteiger partial charge < -0.3 is 4.90 Å². The number of nitrogens with zero attached hydrogens (tertiary/aromatic N) is 1. The molecule has 0 atom stereocenters. The Bertz CT molecular complexity index is 409. The van der Waals surface area contributed by atoms with Crippen LogP contribution in [0, 0.1) is 12.7 Å². The van der Waals surface area contributed by atoms with Gasteiger partial charge in [0.05, 0.1) is 5.56 Å². The third-order valence-corrected chi connectivity index (χ3v) is 3.13. The Labute approximate surface area is 116 Å². The first-order valence-electron chi connectivity index (χ1n) is 6.21. The topological polar surface area (TPSA) is 20.3 Å². The molecule has 0 aliphatic heterocycles. The molecule has 1 amide bonds. The van der Waals surface area contributed by atoms with Crippen LogP contribution < -0.4 is 0 Å². The molecule has 0 N–H and O–H groups in total. The highest BCUT2D eigenvalue weighted by Gasteiger charge is 2.18. The van der Waals surface area contributed by atoms with Gasteiger partial charge in [-0.25, -0.2) is 4.39 Å². The molecule has 0 heterocycles. The number of aryl methyl sites for hydroxylation is 1. The number of hydrogen-bond acceptors (Lipinski definition) is 1. The first-order valence-corrected chi connectivity index (χ1v) is 7.33. The van der Waals surface area contributed by atoms with Crippen LogP contribution in [0.3, 0.4) is 0 Å². The van der Waals surface area contributed by atoms with Crippen molar-refractivity contribution in [1.82, 2.24) is 4.90 Å².